The lowest BCUT2D eigenvalue weighted by Crippen LogP contribution is -2.39. The summed E-state index contributed by atoms with van der Waals surface area (Å²) in [6, 6.07) is 9.41. The van der Waals surface area contributed by atoms with Crippen LogP contribution in [0.3, 0.4) is 0 Å². The quantitative estimate of drug-likeness (QED) is 0.412. The second kappa shape index (κ2) is 9.88. The van der Waals surface area contributed by atoms with Crippen molar-refractivity contribution in [2.24, 2.45) is 0 Å². The Morgan fingerprint density at radius 1 is 1.12 bits per heavy atom. The topological polar surface area (TPSA) is 67.6 Å². The SMILES string of the molecule is CCCC(O)=C(C(=N)CC)C(=O)N(CCN(C)C)c1ccccc1. The minimum absolute atomic E-state index is 0.0140. The van der Waals surface area contributed by atoms with E-state index in [1.165, 1.54) is 0 Å². The maximum atomic E-state index is 13.1. The highest BCUT2D eigenvalue weighted by Crippen LogP contribution is 2.20. The molecule has 0 bridgehead atoms. The summed E-state index contributed by atoms with van der Waals surface area (Å²) in [4.78, 5) is 16.8. The fourth-order valence-corrected chi connectivity index (χ4v) is 2.36. The van der Waals surface area contributed by atoms with E-state index in [4.69, 9.17) is 5.41 Å². The number of para-hydroxylation sites is 1. The lowest BCUT2D eigenvalue weighted by molar-refractivity contribution is -0.114. The lowest BCUT2D eigenvalue weighted by atomic mass is 10.0. The molecule has 0 unspecified atom stereocenters. The molecule has 5 nitrogen and oxygen atoms in total. The zero-order valence-corrected chi connectivity index (χ0v) is 15.2. The molecule has 1 aromatic carbocycles. The molecule has 2 N–H and O–H groups in total. The molecule has 0 saturated heterocycles. The van der Waals surface area contributed by atoms with Crippen LogP contribution in [0.1, 0.15) is 33.1 Å². The summed E-state index contributed by atoms with van der Waals surface area (Å²) in [5.41, 5.74) is 1.09. The number of nitrogens with one attached hydrogen (secondary N) is 1. The molecule has 0 aromatic heterocycles. The van der Waals surface area contributed by atoms with Gasteiger partial charge in [0, 0.05) is 30.9 Å². The second-order valence-electron chi connectivity index (χ2n) is 6.00. The summed E-state index contributed by atoms with van der Waals surface area (Å²) in [6.45, 7) is 4.95. The highest BCUT2D eigenvalue weighted by Gasteiger charge is 2.25. The van der Waals surface area contributed by atoms with E-state index < -0.39 is 0 Å². The number of allylic oxidation sites excluding steroid dienone is 1. The van der Waals surface area contributed by atoms with Crippen LogP contribution >= 0.6 is 0 Å². The first-order valence-corrected chi connectivity index (χ1v) is 8.43. The van der Waals surface area contributed by atoms with Crippen LogP contribution in [-0.2, 0) is 4.79 Å². The molecule has 0 aliphatic carbocycles. The molecule has 0 fully saturated rings. The van der Waals surface area contributed by atoms with Gasteiger partial charge in [0.1, 0.15) is 5.76 Å². The van der Waals surface area contributed by atoms with Crippen molar-refractivity contribution in [2.75, 3.05) is 32.1 Å². The number of benzene rings is 1. The van der Waals surface area contributed by atoms with Crippen molar-refractivity contribution in [1.82, 2.24) is 4.90 Å². The third kappa shape index (κ3) is 5.49. The van der Waals surface area contributed by atoms with E-state index in [1.807, 2.05) is 63.2 Å². The number of hydrogen-bond acceptors (Lipinski definition) is 4. The highest BCUT2D eigenvalue weighted by molar-refractivity contribution is 6.25. The fourth-order valence-electron chi connectivity index (χ4n) is 2.36. The second-order valence-corrected chi connectivity index (χ2v) is 6.00. The van der Waals surface area contributed by atoms with Gasteiger partial charge in [-0.05, 0) is 39.1 Å². The molecule has 0 heterocycles. The first-order chi connectivity index (χ1) is 11.4. The van der Waals surface area contributed by atoms with Crippen molar-refractivity contribution in [2.45, 2.75) is 33.1 Å². The Morgan fingerprint density at radius 3 is 2.25 bits per heavy atom. The van der Waals surface area contributed by atoms with Crippen molar-refractivity contribution in [1.29, 1.82) is 5.41 Å². The van der Waals surface area contributed by atoms with Crippen LogP contribution in [0.15, 0.2) is 41.7 Å². The van der Waals surface area contributed by atoms with Gasteiger partial charge >= 0.3 is 0 Å². The van der Waals surface area contributed by atoms with Crippen LogP contribution in [-0.4, -0.2) is 48.8 Å². The van der Waals surface area contributed by atoms with Gasteiger partial charge in [-0.25, -0.2) is 0 Å². The van der Waals surface area contributed by atoms with Crippen LogP contribution in [0.25, 0.3) is 0 Å². The van der Waals surface area contributed by atoms with Crippen LogP contribution in [0.2, 0.25) is 0 Å². The molecule has 24 heavy (non-hydrogen) atoms. The third-order valence-corrected chi connectivity index (χ3v) is 3.73. The lowest BCUT2D eigenvalue weighted by Gasteiger charge is -2.26. The number of carbonyl (C=O) groups is 1. The molecular weight excluding hydrogens is 302 g/mol. The number of aliphatic hydroxyl groups excluding tert-OH is 1. The standard InChI is InChI=1S/C19H29N3O2/c1-5-10-17(23)18(16(20)6-2)19(24)22(14-13-21(3)4)15-11-8-7-9-12-15/h7-9,11-12,20,23H,5-6,10,13-14H2,1-4H3. The molecular formula is C19H29N3O2. The van der Waals surface area contributed by atoms with Crippen molar-refractivity contribution >= 4 is 17.3 Å². The Kier molecular flexibility index (Phi) is 8.19. The summed E-state index contributed by atoms with van der Waals surface area (Å²) in [5, 5.41) is 18.5. The molecule has 5 heteroatoms. The molecule has 132 valence electrons. The number of amides is 1. The van der Waals surface area contributed by atoms with Crippen molar-refractivity contribution in [3.8, 4) is 0 Å². The number of carbonyl (C=O) groups excluding carboxylic acids is 1. The van der Waals surface area contributed by atoms with E-state index in [9.17, 15) is 9.90 Å². The predicted molar refractivity (Wildman–Crippen MR) is 99.9 cm³/mol. The summed E-state index contributed by atoms with van der Waals surface area (Å²) >= 11 is 0. The fraction of sp³-hybridized carbons (Fsp3) is 0.474. The molecule has 1 amide bonds. The number of anilines is 1. The van der Waals surface area contributed by atoms with Gasteiger partial charge < -0.3 is 20.3 Å². The smallest absolute Gasteiger partial charge is 0.263 e. The number of hydrogen-bond donors (Lipinski definition) is 2. The van der Waals surface area contributed by atoms with Crippen molar-refractivity contribution < 1.29 is 9.90 Å². The van der Waals surface area contributed by atoms with Gasteiger partial charge in [-0.1, -0.05) is 32.0 Å². The Hall–Kier alpha value is -2.14. The molecule has 1 rings (SSSR count). The number of aliphatic hydroxyl groups is 1. The molecule has 0 spiro atoms. The first-order valence-electron chi connectivity index (χ1n) is 8.43. The highest BCUT2D eigenvalue weighted by atomic mass is 16.3. The third-order valence-electron chi connectivity index (χ3n) is 3.73. The number of nitrogens with zero attached hydrogens (tertiary/aromatic N) is 2. The molecule has 0 aliphatic rings. The van der Waals surface area contributed by atoms with Gasteiger partial charge in [-0.2, -0.15) is 0 Å². The summed E-state index contributed by atoms with van der Waals surface area (Å²) in [7, 11) is 3.90. The summed E-state index contributed by atoms with van der Waals surface area (Å²) in [6.07, 6.45) is 1.54. The van der Waals surface area contributed by atoms with Gasteiger partial charge in [-0.3, -0.25) is 4.79 Å². The van der Waals surface area contributed by atoms with Gasteiger partial charge in [-0.15, -0.1) is 0 Å². The van der Waals surface area contributed by atoms with E-state index in [-0.39, 0.29) is 23.0 Å². The summed E-state index contributed by atoms with van der Waals surface area (Å²) in [5.74, 6) is -0.291. The van der Waals surface area contributed by atoms with E-state index in [2.05, 4.69) is 0 Å². The Balaban J connectivity index is 3.25. The van der Waals surface area contributed by atoms with Gasteiger partial charge in [0.05, 0.1) is 5.57 Å². The maximum Gasteiger partial charge on any atom is 0.263 e. The first kappa shape index (κ1) is 19.9. The number of rotatable bonds is 9. The molecule has 0 aliphatic heterocycles. The Bertz CT molecular complexity index is 580. The zero-order valence-electron chi connectivity index (χ0n) is 15.2. The predicted octanol–water partition coefficient (Wildman–Crippen LogP) is 3.62. The average Bonchev–Trinajstić information content (AvgIpc) is 2.56. The van der Waals surface area contributed by atoms with Gasteiger partial charge in [0.25, 0.3) is 5.91 Å². The van der Waals surface area contributed by atoms with Crippen molar-refractivity contribution in [3.05, 3.63) is 41.7 Å². The molecule has 1 aromatic rings. The van der Waals surface area contributed by atoms with E-state index in [1.54, 1.807) is 4.90 Å². The Morgan fingerprint density at radius 2 is 1.75 bits per heavy atom. The Labute approximate surface area is 145 Å². The molecule has 0 radical (unpaired) electrons. The average molecular weight is 331 g/mol. The number of likely N-dealkylation sites (N-methyl/N-ethyl adjacent to an activating group) is 1. The largest absolute Gasteiger partial charge is 0.511 e. The van der Waals surface area contributed by atoms with Gasteiger partial charge in [0.2, 0.25) is 0 Å². The summed E-state index contributed by atoms with van der Waals surface area (Å²) < 4.78 is 0. The monoisotopic (exact) mass is 331 g/mol. The van der Waals surface area contributed by atoms with E-state index >= 15 is 0 Å². The van der Waals surface area contributed by atoms with Crippen LogP contribution in [0.5, 0.6) is 0 Å². The van der Waals surface area contributed by atoms with E-state index in [0.717, 1.165) is 12.1 Å². The van der Waals surface area contributed by atoms with Crippen LogP contribution in [0, 0.1) is 5.41 Å². The minimum atomic E-state index is -0.305. The van der Waals surface area contributed by atoms with E-state index in [0.29, 0.717) is 25.9 Å². The zero-order chi connectivity index (χ0) is 18.1. The maximum absolute atomic E-state index is 13.1. The van der Waals surface area contributed by atoms with Crippen molar-refractivity contribution in [3.63, 3.8) is 0 Å². The normalized spacial score (nSPS) is 12.0. The van der Waals surface area contributed by atoms with Crippen LogP contribution < -0.4 is 4.90 Å². The minimum Gasteiger partial charge on any atom is -0.511 e. The molecule has 0 saturated carbocycles. The van der Waals surface area contributed by atoms with Gasteiger partial charge in [0.15, 0.2) is 0 Å². The molecule has 0 atom stereocenters. The van der Waals surface area contributed by atoms with Crippen LogP contribution in [0.4, 0.5) is 5.69 Å².